The van der Waals surface area contributed by atoms with Crippen LogP contribution in [0.1, 0.15) is 30.9 Å². The van der Waals surface area contributed by atoms with Crippen molar-refractivity contribution in [3.63, 3.8) is 0 Å². The van der Waals surface area contributed by atoms with Crippen LogP contribution in [0.15, 0.2) is 29.4 Å². The third-order valence-electron chi connectivity index (χ3n) is 3.50. The Morgan fingerprint density at radius 1 is 1.42 bits per heavy atom. The van der Waals surface area contributed by atoms with E-state index in [1.807, 2.05) is 31.2 Å². The highest BCUT2D eigenvalue weighted by Gasteiger charge is 2.30. The van der Waals surface area contributed by atoms with Gasteiger partial charge in [-0.15, -0.1) is 0 Å². The Kier molecular flexibility index (Phi) is 4.04. The summed E-state index contributed by atoms with van der Waals surface area (Å²) in [5, 5.41) is 11.8. The zero-order valence-corrected chi connectivity index (χ0v) is 11.0. The van der Waals surface area contributed by atoms with Gasteiger partial charge in [-0.05, 0) is 17.5 Å². The Labute approximate surface area is 112 Å². The molecule has 2 rings (SSSR count). The van der Waals surface area contributed by atoms with Crippen LogP contribution in [-0.4, -0.2) is 21.8 Å². The van der Waals surface area contributed by atoms with Crippen LogP contribution in [0.4, 0.5) is 0 Å². The highest BCUT2D eigenvalue weighted by molar-refractivity contribution is 6.02. The normalized spacial score (nSPS) is 16.3. The van der Waals surface area contributed by atoms with Crippen molar-refractivity contribution in [2.24, 2.45) is 16.8 Å². The number of nitrogens with zero attached hydrogens (tertiary/aromatic N) is 2. The molecule has 1 amide bonds. The molecule has 0 saturated heterocycles. The van der Waals surface area contributed by atoms with Crippen LogP contribution < -0.4 is 5.73 Å². The quantitative estimate of drug-likeness (QED) is 0.374. The van der Waals surface area contributed by atoms with Crippen LogP contribution in [0.2, 0.25) is 0 Å². The number of amidine groups is 1. The summed E-state index contributed by atoms with van der Waals surface area (Å²) in [6.07, 6.45) is 1.41. The van der Waals surface area contributed by atoms with Crippen LogP contribution in [0, 0.1) is 5.92 Å². The lowest BCUT2D eigenvalue weighted by atomic mass is 10.0. The molecule has 0 bridgehead atoms. The highest BCUT2D eigenvalue weighted by atomic mass is 16.4. The SMILES string of the molecule is CCCC(C(=O)N1Cc2ccccc2C1)C(N)=NO. The summed E-state index contributed by atoms with van der Waals surface area (Å²) >= 11 is 0. The van der Waals surface area contributed by atoms with Gasteiger partial charge in [0.2, 0.25) is 5.91 Å². The summed E-state index contributed by atoms with van der Waals surface area (Å²) in [5.74, 6) is -0.583. The second kappa shape index (κ2) is 5.73. The van der Waals surface area contributed by atoms with Crippen molar-refractivity contribution in [1.29, 1.82) is 0 Å². The van der Waals surface area contributed by atoms with Crippen molar-refractivity contribution in [2.45, 2.75) is 32.9 Å². The maximum atomic E-state index is 12.5. The molecular weight excluding hydrogens is 242 g/mol. The summed E-state index contributed by atoms with van der Waals surface area (Å²) in [6.45, 7) is 3.19. The van der Waals surface area contributed by atoms with E-state index in [9.17, 15) is 4.79 Å². The topological polar surface area (TPSA) is 78.9 Å². The smallest absolute Gasteiger partial charge is 0.234 e. The van der Waals surface area contributed by atoms with Gasteiger partial charge in [0.05, 0.1) is 5.92 Å². The van der Waals surface area contributed by atoms with Gasteiger partial charge < -0.3 is 15.8 Å². The van der Waals surface area contributed by atoms with Gasteiger partial charge in [-0.3, -0.25) is 4.79 Å². The monoisotopic (exact) mass is 261 g/mol. The highest BCUT2D eigenvalue weighted by Crippen LogP contribution is 2.24. The largest absolute Gasteiger partial charge is 0.409 e. The van der Waals surface area contributed by atoms with E-state index in [1.54, 1.807) is 4.90 Å². The molecule has 5 nitrogen and oxygen atoms in total. The number of fused-ring (bicyclic) bond motifs is 1. The van der Waals surface area contributed by atoms with E-state index in [2.05, 4.69) is 5.16 Å². The molecule has 19 heavy (non-hydrogen) atoms. The molecule has 0 aromatic heterocycles. The summed E-state index contributed by atoms with van der Waals surface area (Å²) < 4.78 is 0. The maximum Gasteiger partial charge on any atom is 0.234 e. The Hall–Kier alpha value is -2.04. The lowest BCUT2D eigenvalue weighted by molar-refractivity contribution is -0.134. The molecule has 0 fully saturated rings. The van der Waals surface area contributed by atoms with Crippen LogP contribution in [0.25, 0.3) is 0 Å². The standard InChI is InChI=1S/C14H19N3O2/c1-2-5-12(13(15)16-19)14(18)17-8-10-6-3-4-7-11(10)9-17/h3-4,6-7,12,19H,2,5,8-9H2,1H3,(H2,15,16). The number of hydrogen-bond acceptors (Lipinski definition) is 3. The van der Waals surface area contributed by atoms with Gasteiger partial charge in [-0.2, -0.15) is 0 Å². The fraction of sp³-hybridized carbons (Fsp3) is 0.429. The molecular formula is C14H19N3O2. The maximum absolute atomic E-state index is 12.5. The van der Waals surface area contributed by atoms with Crippen LogP contribution >= 0.6 is 0 Å². The zero-order chi connectivity index (χ0) is 13.8. The molecule has 3 N–H and O–H groups in total. The molecule has 1 aromatic rings. The second-order valence-electron chi connectivity index (χ2n) is 4.83. The van der Waals surface area contributed by atoms with E-state index in [4.69, 9.17) is 10.9 Å². The molecule has 0 saturated carbocycles. The van der Waals surface area contributed by atoms with E-state index in [-0.39, 0.29) is 11.7 Å². The minimum Gasteiger partial charge on any atom is -0.409 e. The van der Waals surface area contributed by atoms with Gasteiger partial charge in [-0.1, -0.05) is 42.8 Å². The molecule has 1 atom stereocenters. The molecule has 5 heteroatoms. The fourth-order valence-electron chi connectivity index (χ4n) is 2.47. The lowest BCUT2D eigenvalue weighted by Crippen LogP contribution is -2.39. The molecule has 1 heterocycles. The summed E-state index contributed by atoms with van der Waals surface area (Å²) in [6, 6.07) is 8.00. The van der Waals surface area contributed by atoms with Crippen LogP contribution in [-0.2, 0) is 17.9 Å². The van der Waals surface area contributed by atoms with E-state index >= 15 is 0 Å². The number of benzene rings is 1. The Balaban J connectivity index is 2.13. The van der Waals surface area contributed by atoms with Gasteiger partial charge >= 0.3 is 0 Å². The first-order valence-corrected chi connectivity index (χ1v) is 6.50. The minimum absolute atomic E-state index is 0.00260. The van der Waals surface area contributed by atoms with E-state index < -0.39 is 5.92 Å². The first-order chi connectivity index (χ1) is 9.17. The summed E-state index contributed by atoms with van der Waals surface area (Å²) in [4.78, 5) is 14.2. The van der Waals surface area contributed by atoms with Crippen molar-refractivity contribution < 1.29 is 10.0 Å². The number of nitrogens with two attached hydrogens (primary N) is 1. The molecule has 0 radical (unpaired) electrons. The Morgan fingerprint density at radius 2 is 2.00 bits per heavy atom. The van der Waals surface area contributed by atoms with E-state index in [0.29, 0.717) is 19.5 Å². The van der Waals surface area contributed by atoms with Crippen molar-refractivity contribution in [1.82, 2.24) is 4.90 Å². The predicted molar refractivity (Wildman–Crippen MR) is 72.5 cm³/mol. The van der Waals surface area contributed by atoms with Gasteiger partial charge in [0.25, 0.3) is 0 Å². The van der Waals surface area contributed by atoms with Crippen molar-refractivity contribution in [3.8, 4) is 0 Å². The minimum atomic E-state index is -0.524. The second-order valence-corrected chi connectivity index (χ2v) is 4.83. The van der Waals surface area contributed by atoms with Crippen molar-refractivity contribution in [3.05, 3.63) is 35.4 Å². The van der Waals surface area contributed by atoms with Gasteiger partial charge in [-0.25, -0.2) is 0 Å². The summed E-state index contributed by atoms with van der Waals surface area (Å²) in [5.41, 5.74) is 7.97. The third kappa shape index (κ3) is 2.70. The zero-order valence-electron chi connectivity index (χ0n) is 11.0. The van der Waals surface area contributed by atoms with Gasteiger partial charge in [0.15, 0.2) is 5.84 Å². The van der Waals surface area contributed by atoms with Crippen molar-refractivity contribution >= 4 is 11.7 Å². The Morgan fingerprint density at radius 3 is 2.47 bits per heavy atom. The number of rotatable bonds is 4. The average molecular weight is 261 g/mol. The number of oxime groups is 1. The summed E-state index contributed by atoms with van der Waals surface area (Å²) in [7, 11) is 0. The van der Waals surface area contributed by atoms with Crippen LogP contribution in [0.5, 0.6) is 0 Å². The van der Waals surface area contributed by atoms with Gasteiger partial charge in [0, 0.05) is 13.1 Å². The molecule has 0 aliphatic carbocycles. The molecule has 1 aliphatic heterocycles. The molecule has 1 aromatic carbocycles. The molecule has 1 aliphatic rings. The predicted octanol–water partition coefficient (Wildman–Crippen LogP) is 1.69. The third-order valence-corrected chi connectivity index (χ3v) is 3.50. The molecule has 0 spiro atoms. The average Bonchev–Trinajstić information content (AvgIpc) is 2.87. The Bertz CT molecular complexity index is 474. The van der Waals surface area contributed by atoms with Gasteiger partial charge in [0.1, 0.15) is 0 Å². The number of carbonyl (C=O) groups excluding carboxylic acids is 1. The molecule has 1 unspecified atom stereocenters. The first kappa shape index (κ1) is 13.4. The van der Waals surface area contributed by atoms with E-state index in [0.717, 1.165) is 6.42 Å². The first-order valence-electron chi connectivity index (χ1n) is 6.50. The number of amides is 1. The fourth-order valence-corrected chi connectivity index (χ4v) is 2.47. The number of carbonyl (C=O) groups is 1. The molecule has 102 valence electrons. The number of hydrogen-bond donors (Lipinski definition) is 2. The van der Waals surface area contributed by atoms with E-state index in [1.165, 1.54) is 11.1 Å². The van der Waals surface area contributed by atoms with Crippen molar-refractivity contribution in [2.75, 3.05) is 0 Å². The van der Waals surface area contributed by atoms with Crippen LogP contribution in [0.3, 0.4) is 0 Å². The lowest BCUT2D eigenvalue weighted by Gasteiger charge is -2.21.